The number of alkyl halides is 1. The molecule has 6 rings (SSSR count). The topological polar surface area (TPSA) is 91.8 Å². The number of thioether (sulfide) groups is 1. The minimum absolute atomic E-state index is 0.00211. The van der Waals surface area contributed by atoms with E-state index in [1.54, 1.807) is 16.9 Å². The molecule has 4 aliphatic carbocycles. The van der Waals surface area contributed by atoms with E-state index in [-0.39, 0.29) is 35.0 Å². The fourth-order valence-electron chi connectivity index (χ4n) is 8.34. The van der Waals surface area contributed by atoms with Gasteiger partial charge in [-0.15, -0.1) is 0 Å². The minimum atomic E-state index is -1.82. The van der Waals surface area contributed by atoms with Crippen LogP contribution in [0.2, 0.25) is 0 Å². The largest absolute Gasteiger partial charge is 0.390 e. The molecule has 3 saturated carbocycles. The van der Waals surface area contributed by atoms with E-state index in [9.17, 15) is 14.3 Å². The van der Waals surface area contributed by atoms with Gasteiger partial charge < -0.3 is 5.11 Å². The second kappa shape index (κ2) is 8.47. The Bertz CT molecular complexity index is 1340. The fourth-order valence-corrected chi connectivity index (χ4v) is 9.14. The summed E-state index contributed by atoms with van der Waals surface area (Å²) in [4.78, 5) is 16.7. The molecule has 9 heteroatoms. The Morgan fingerprint density at radius 1 is 1.27 bits per heavy atom. The summed E-state index contributed by atoms with van der Waals surface area (Å²) in [7, 11) is 0. The van der Waals surface area contributed by atoms with Gasteiger partial charge in [-0.05, 0) is 73.6 Å². The van der Waals surface area contributed by atoms with Crippen molar-refractivity contribution >= 4 is 23.0 Å². The first-order valence-corrected chi connectivity index (χ1v) is 13.9. The van der Waals surface area contributed by atoms with Crippen LogP contribution in [0.5, 0.6) is 0 Å². The molecule has 0 aliphatic heterocycles. The predicted molar refractivity (Wildman–Crippen MR) is 136 cm³/mol. The van der Waals surface area contributed by atoms with Gasteiger partial charge >= 0.3 is 0 Å². The molecule has 0 spiro atoms. The number of rotatable bonds is 3. The first kappa shape index (κ1) is 24.7. The first-order valence-electron chi connectivity index (χ1n) is 12.9. The SMILES string of the molecule is C[C@@]12C[C@H](O)[C@@]3(F)[C@@H](CCC4=Cc5c(cnn5-c5ccc(F)nc5)C[C@@]43C)[C@@H]1CCC2C(=O)SCC#N. The van der Waals surface area contributed by atoms with Gasteiger partial charge in [0.1, 0.15) is 5.67 Å². The number of fused-ring (bicyclic) bond motifs is 6. The van der Waals surface area contributed by atoms with Crippen LogP contribution in [-0.2, 0) is 11.2 Å². The summed E-state index contributed by atoms with van der Waals surface area (Å²) in [6.45, 7) is 3.99. The van der Waals surface area contributed by atoms with Gasteiger partial charge in [0.2, 0.25) is 5.95 Å². The molecule has 0 amide bonds. The molecule has 37 heavy (non-hydrogen) atoms. The zero-order valence-electron chi connectivity index (χ0n) is 21.0. The van der Waals surface area contributed by atoms with Crippen LogP contribution in [0, 0.1) is 45.9 Å². The van der Waals surface area contributed by atoms with Crippen LogP contribution >= 0.6 is 11.8 Å². The normalized spacial score (nSPS) is 38.0. The van der Waals surface area contributed by atoms with Gasteiger partial charge in [-0.25, -0.2) is 14.1 Å². The minimum Gasteiger partial charge on any atom is -0.390 e. The number of nitrogens with zero attached hydrogens (tertiary/aromatic N) is 4. The van der Waals surface area contributed by atoms with E-state index in [0.717, 1.165) is 35.0 Å². The van der Waals surface area contributed by atoms with Gasteiger partial charge in [0.15, 0.2) is 5.12 Å². The van der Waals surface area contributed by atoms with Gasteiger partial charge in [0.05, 0.1) is 41.7 Å². The molecule has 1 N–H and O–H groups in total. The number of carbonyl (C=O) groups is 1. The summed E-state index contributed by atoms with van der Waals surface area (Å²) >= 11 is 1.05. The number of hydrogen-bond donors (Lipinski definition) is 1. The zero-order chi connectivity index (χ0) is 26.2. The van der Waals surface area contributed by atoms with E-state index >= 15 is 4.39 Å². The quantitative estimate of drug-likeness (QED) is 0.565. The van der Waals surface area contributed by atoms with Gasteiger partial charge in [-0.1, -0.05) is 31.2 Å². The zero-order valence-corrected chi connectivity index (χ0v) is 21.8. The van der Waals surface area contributed by atoms with Crippen molar-refractivity contribution in [2.24, 2.45) is 28.6 Å². The molecule has 0 bridgehead atoms. The highest BCUT2D eigenvalue weighted by atomic mass is 32.2. The van der Waals surface area contributed by atoms with Crippen molar-refractivity contribution in [3.63, 3.8) is 0 Å². The van der Waals surface area contributed by atoms with Crippen LogP contribution in [0.1, 0.15) is 57.2 Å². The first-order chi connectivity index (χ1) is 17.6. The van der Waals surface area contributed by atoms with Crippen molar-refractivity contribution in [1.29, 1.82) is 5.26 Å². The lowest BCUT2D eigenvalue weighted by Gasteiger charge is -2.62. The molecule has 4 aliphatic rings. The van der Waals surface area contributed by atoms with Crippen molar-refractivity contribution in [2.45, 2.75) is 64.1 Å². The Kier molecular flexibility index (Phi) is 5.67. The summed E-state index contributed by atoms with van der Waals surface area (Å²) in [5.41, 5.74) is 0.147. The maximum Gasteiger partial charge on any atom is 0.212 e. The van der Waals surface area contributed by atoms with Crippen molar-refractivity contribution in [3.05, 3.63) is 47.3 Å². The summed E-state index contributed by atoms with van der Waals surface area (Å²) in [6, 6.07) is 4.93. The Labute approximate surface area is 219 Å². The van der Waals surface area contributed by atoms with Crippen LogP contribution < -0.4 is 0 Å². The molecule has 6 nitrogen and oxygen atoms in total. The Morgan fingerprint density at radius 3 is 2.81 bits per heavy atom. The Balaban J connectivity index is 1.35. The van der Waals surface area contributed by atoms with Gasteiger partial charge in [0.25, 0.3) is 0 Å². The third-order valence-corrected chi connectivity index (χ3v) is 10.9. The Hall–Kier alpha value is -2.57. The highest BCUT2D eigenvalue weighted by Gasteiger charge is 2.71. The third-order valence-electron chi connectivity index (χ3n) is 10.1. The lowest BCUT2D eigenvalue weighted by Crippen LogP contribution is -2.67. The molecule has 0 saturated heterocycles. The average Bonchev–Trinajstić information content (AvgIpc) is 3.42. The van der Waals surface area contributed by atoms with E-state index in [2.05, 4.69) is 17.0 Å². The molecule has 1 unspecified atom stereocenters. The van der Waals surface area contributed by atoms with Crippen molar-refractivity contribution in [1.82, 2.24) is 14.8 Å². The summed E-state index contributed by atoms with van der Waals surface area (Å²) < 4.78 is 32.7. The van der Waals surface area contributed by atoms with Crippen LogP contribution in [0.25, 0.3) is 11.8 Å². The van der Waals surface area contributed by atoms with Gasteiger partial charge in [-0.2, -0.15) is 14.8 Å². The smallest absolute Gasteiger partial charge is 0.212 e. The highest BCUT2D eigenvalue weighted by Crippen LogP contribution is 2.69. The maximum atomic E-state index is 17.6. The average molecular weight is 525 g/mol. The number of pyridine rings is 1. The van der Waals surface area contributed by atoms with E-state index < -0.39 is 28.6 Å². The van der Waals surface area contributed by atoms with Crippen LogP contribution in [-0.4, -0.2) is 42.5 Å². The van der Waals surface area contributed by atoms with Crippen LogP contribution in [0.15, 0.2) is 30.1 Å². The molecule has 2 aromatic heterocycles. The number of nitriles is 1. The van der Waals surface area contributed by atoms with Crippen molar-refractivity contribution in [2.75, 3.05) is 5.75 Å². The number of allylic oxidation sites excluding steroid dienone is 1. The van der Waals surface area contributed by atoms with E-state index in [0.29, 0.717) is 31.4 Å². The van der Waals surface area contributed by atoms with Crippen molar-refractivity contribution < 1.29 is 18.7 Å². The third kappa shape index (κ3) is 3.34. The molecule has 0 aromatic carbocycles. The van der Waals surface area contributed by atoms with Crippen molar-refractivity contribution in [3.8, 4) is 11.8 Å². The fraction of sp³-hybridized carbons (Fsp3) is 0.571. The molecule has 2 heterocycles. The van der Waals surface area contributed by atoms with E-state index in [4.69, 9.17) is 5.26 Å². The number of aromatic nitrogens is 3. The monoisotopic (exact) mass is 524 g/mol. The predicted octanol–water partition coefficient (Wildman–Crippen LogP) is 5.05. The van der Waals surface area contributed by atoms with Gasteiger partial charge in [-0.3, -0.25) is 4.79 Å². The summed E-state index contributed by atoms with van der Waals surface area (Å²) in [5.74, 6) is -1.05. The maximum absolute atomic E-state index is 17.6. The molecule has 7 atom stereocenters. The van der Waals surface area contributed by atoms with E-state index in [1.807, 2.05) is 19.1 Å². The summed E-state index contributed by atoms with van der Waals surface area (Å²) in [6.07, 6.45) is 7.40. The lowest BCUT2D eigenvalue weighted by molar-refractivity contribution is -0.205. The molecular formula is C28H30F2N4O2S. The number of carbonyl (C=O) groups excluding carboxylic acids is 1. The summed E-state index contributed by atoms with van der Waals surface area (Å²) in [5, 5.41) is 25.0. The molecular weight excluding hydrogens is 494 g/mol. The number of aliphatic hydroxyl groups excluding tert-OH is 1. The van der Waals surface area contributed by atoms with E-state index in [1.165, 1.54) is 12.3 Å². The second-order valence-electron chi connectivity index (χ2n) is 11.6. The molecule has 2 aromatic rings. The molecule has 0 radical (unpaired) electrons. The van der Waals surface area contributed by atoms with Gasteiger partial charge in [0, 0.05) is 17.3 Å². The number of hydrogen-bond acceptors (Lipinski definition) is 6. The van der Waals surface area contributed by atoms with Crippen LogP contribution in [0.3, 0.4) is 0 Å². The standard InChI is InChI=1S/C28H30F2N4O2S/c1-26-13-23(35)28(30)20(19(26)6-7-21(26)25(36)37-10-9-31)5-3-17-11-22-16(12-27(17,28)2)14-33-34(22)18-4-8-24(29)32-15-18/h4,8,11,14-15,19-21,23,35H,3,5-7,10,12-13H2,1-2H3/t19-,20-,21?,23-,26+,27-,28-/m0/s1. The number of aliphatic hydroxyl groups is 1. The molecule has 194 valence electrons. The van der Waals surface area contributed by atoms with Crippen LogP contribution in [0.4, 0.5) is 8.78 Å². The number of halogens is 2. The highest BCUT2D eigenvalue weighted by molar-refractivity contribution is 8.13. The molecule has 3 fully saturated rings. The second-order valence-corrected chi connectivity index (χ2v) is 12.6. The lowest BCUT2D eigenvalue weighted by atomic mass is 9.44. The Morgan fingerprint density at radius 2 is 2.08 bits per heavy atom.